The van der Waals surface area contributed by atoms with Crippen molar-refractivity contribution in [1.29, 1.82) is 0 Å². The van der Waals surface area contributed by atoms with Crippen molar-refractivity contribution < 1.29 is 14.3 Å². The molecule has 0 spiro atoms. The van der Waals surface area contributed by atoms with Gasteiger partial charge in [0.15, 0.2) is 16.7 Å². The van der Waals surface area contributed by atoms with Crippen LogP contribution in [0.2, 0.25) is 0 Å². The predicted molar refractivity (Wildman–Crippen MR) is 124 cm³/mol. The first kappa shape index (κ1) is 22.0. The van der Waals surface area contributed by atoms with Crippen molar-refractivity contribution in [2.75, 3.05) is 19.0 Å². The van der Waals surface area contributed by atoms with E-state index in [9.17, 15) is 9.59 Å². The first-order valence-corrected chi connectivity index (χ1v) is 11.6. The monoisotopic (exact) mass is 451 g/mol. The van der Waals surface area contributed by atoms with Gasteiger partial charge in [-0.2, -0.15) is 0 Å². The number of nitrogens with zero attached hydrogens (tertiary/aromatic N) is 1. The van der Waals surface area contributed by atoms with Gasteiger partial charge in [-0.1, -0.05) is 55.1 Å². The highest BCUT2D eigenvalue weighted by atomic mass is 32.2. The van der Waals surface area contributed by atoms with Gasteiger partial charge >= 0.3 is 0 Å². The number of rotatable bonds is 7. The number of amides is 1. The molecule has 1 amide bonds. The molecule has 3 aromatic rings. The second kappa shape index (κ2) is 10.4. The van der Waals surface area contributed by atoms with Crippen LogP contribution in [0.3, 0.4) is 0 Å². The van der Waals surface area contributed by atoms with Gasteiger partial charge in [0.2, 0.25) is 5.91 Å². The standard InChI is InChI=1S/C24H25N3O4S/c1-2-18(17-9-10-20-21(13-17)31-12-6-11-30-20)25-23(29)15-32-24-26-19(14-22(28)27-24)16-7-4-3-5-8-16/h3-5,7-10,13-14,18H,2,6,11-12,15H2,1H3,(H,25,29)(H,26,27,28). The van der Waals surface area contributed by atoms with Crippen molar-refractivity contribution in [2.24, 2.45) is 0 Å². The summed E-state index contributed by atoms with van der Waals surface area (Å²) in [6.07, 6.45) is 1.57. The molecule has 2 aromatic carbocycles. The molecule has 0 radical (unpaired) electrons. The molecule has 8 heteroatoms. The Hall–Kier alpha value is -3.26. The maximum atomic E-state index is 12.6. The number of hydrogen-bond acceptors (Lipinski definition) is 6. The van der Waals surface area contributed by atoms with Crippen LogP contribution >= 0.6 is 11.8 Å². The van der Waals surface area contributed by atoms with Gasteiger partial charge in [0.05, 0.1) is 30.7 Å². The largest absolute Gasteiger partial charge is 0.490 e. The van der Waals surface area contributed by atoms with Crippen LogP contribution in [0.5, 0.6) is 11.5 Å². The van der Waals surface area contributed by atoms with Crippen LogP contribution in [0, 0.1) is 0 Å². The van der Waals surface area contributed by atoms with Gasteiger partial charge in [0, 0.05) is 18.1 Å². The third-order valence-corrected chi connectivity index (χ3v) is 5.92. The summed E-state index contributed by atoms with van der Waals surface area (Å²) in [5, 5.41) is 3.47. The van der Waals surface area contributed by atoms with Crippen molar-refractivity contribution in [3.8, 4) is 22.8 Å². The molecule has 0 saturated heterocycles. The first-order chi connectivity index (χ1) is 15.6. The lowest BCUT2D eigenvalue weighted by molar-refractivity contribution is -0.119. The smallest absolute Gasteiger partial charge is 0.252 e. The number of fused-ring (bicyclic) bond motifs is 1. The maximum Gasteiger partial charge on any atom is 0.252 e. The highest BCUT2D eigenvalue weighted by Crippen LogP contribution is 2.33. The lowest BCUT2D eigenvalue weighted by atomic mass is 10.0. The van der Waals surface area contributed by atoms with E-state index >= 15 is 0 Å². The number of benzene rings is 2. The molecule has 2 heterocycles. The molecule has 166 valence electrons. The SMILES string of the molecule is CCC(NC(=O)CSc1nc(-c2ccccc2)cc(=O)[nH]1)c1ccc2c(c1)OCCCO2. The van der Waals surface area contributed by atoms with Crippen molar-refractivity contribution >= 4 is 17.7 Å². The Balaban J connectivity index is 1.41. The van der Waals surface area contributed by atoms with E-state index in [0.29, 0.717) is 29.8 Å². The van der Waals surface area contributed by atoms with E-state index < -0.39 is 0 Å². The Labute approximate surface area is 190 Å². The molecule has 0 saturated carbocycles. The molecule has 1 unspecified atom stereocenters. The average molecular weight is 452 g/mol. The highest BCUT2D eigenvalue weighted by Gasteiger charge is 2.17. The normalized spacial score (nSPS) is 13.8. The zero-order valence-electron chi connectivity index (χ0n) is 17.8. The summed E-state index contributed by atoms with van der Waals surface area (Å²) in [6, 6.07) is 16.6. The Bertz CT molecular complexity index is 1130. The van der Waals surface area contributed by atoms with Gasteiger partial charge in [0.1, 0.15) is 0 Å². The molecule has 0 bridgehead atoms. The maximum absolute atomic E-state index is 12.6. The Morgan fingerprint density at radius 1 is 1.12 bits per heavy atom. The lowest BCUT2D eigenvalue weighted by Gasteiger charge is -2.19. The minimum absolute atomic E-state index is 0.137. The van der Waals surface area contributed by atoms with E-state index in [1.807, 2.05) is 55.5 Å². The van der Waals surface area contributed by atoms with Crippen LogP contribution in [0.25, 0.3) is 11.3 Å². The summed E-state index contributed by atoms with van der Waals surface area (Å²) in [7, 11) is 0. The third-order valence-electron chi connectivity index (χ3n) is 5.05. The molecule has 1 aromatic heterocycles. The number of H-pyrrole nitrogens is 1. The van der Waals surface area contributed by atoms with E-state index in [2.05, 4.69) is 15.3 Å². The Kier molecular flexibility index (Phi) is 7.11. The fourth-order valence-electron chi connectivity index (χ4n) is 3.45. The molecular formula is C24H25N3O4S. The van der Waals surface area contributed by atoms with Crippen molar-refractivity contribution in [3.05, 3.63) is 70.5 Å². The van der Waals surface area contributed by atoms with Gasteiger partial charge in [-0.3, -0.25) is 9.59 Å². The van der Waals surface area contributed by atoms with E-state index in [-0.39, 0.29) is 23.3 Å². The molecule has 32 heavy (non-hydrogen) atoms. The molecular weight excluding hydrogens is 426 g/mol. The first-order valence-electron chi connectivity index (χ1n) is 10.6. The number of thioether (sulfide) groups is 1. The summed E-state index contributed by atoms with van der Waals surface area (Å²) >= 11 is 1.20. The number of carbonyl (C=O) groups is 1. The second-order valence-electron chi connectivity index (χ2n) is 7.38. The van der Waals surface area contributed by atoms with Gasteiger partial charge in [-0.15, -0.1) is 0 Å². The Morgan fingerprint density at radius 2 is 1.91 bits per heavy atom. The third kappa shape index (κ3) is 5.50. The molecule has 4 rings (SSSR count). The summed E-state index contributed by atoms with van der Waals surface area (Å²) in [4.78, 5) is 31.9. The number of aromatic nitrogens is 2. The fraction of sp³-hybridized carbons (Fsp3) is 0.292. The topological polar surface area (TPSA) is 93.3 Å². The summed E-state index contributed by atoms with van der Waals surface area (Å²) in [5.74, 6) is 1.45. The van der Waals surface area contributed by atoms with Crippen LogP contribution in [-0.2, 0) is 4.79 Å². The van der Waals surface area contributed by atoms with E-state index in [0.717, 1.165) is 29.7 Å². The van der Waals surface area contributed by atoms with Crippen molar-refractivity contribution in [3.63, 3.8) is 0 Å². The van der Waals surface area contributed by atoms with Crippen LogP contribution in [0.15, 0.2) is 64.5 Å². The summed E-state index contributed by atoms with van der Waals surface area (Å²) < 4.78 is 11.5. The van der Waals surface area contributed by atoms with Crippen molar-refractivity contribution in [2.45, 2.75) is 31.0 Å². The summed E-state index contributed by atoms with van der Waals surface area (Å²) in [5.41, 5.74) is 2.15. The van der Waals surface area contributed by atoms with Gasteiger partial charge < -0.3 is 19.8 Å². The molecule has 1 aliphatic rings. The van der Waals surface area contributed by atoms with Gasteiger partial charge in [-0.25, -0.2) is 4.98 Å². The highest BCUT2D eigenvalue weighted by molar-refractivity contribution is 7.99. The molecule has 7 nitrogen and oxygen atoms in total. The molecule has 0 fully saturated rings. The molecule has 0 aliphatic carbocycles. The van der Waals surface area contributed by atoms with Crippen LogP contribution in [0.1, 0.15) is 31.4 Å². The van der Waals surface area contributed by atoms with Gasteiger partial charge in [0.25, 0.3) is 5.56 Å². The number of hydrogen-bond donors (Lipinski definition) is 2. The quantitative estimate of drug-likeness (QED) is 0.417. The molecule has 1 aliphatic heterocycles. The van der Waals surface area contributed by atoms with Crippen LogP contribution in [0.4, 0.5) is 0 Å². The zero-order chi connectivity index (χ0) is 22.3. The fourth-order valence-corrected chi connectivity index (χ4v) is 4.13. The minimum atomic E-state index is -0.250. The average Bonchev–Trinajstić information content (AvgIpc) is 3.06. The number of aromatic amines is 1. The summed E-state index contributed by atoms with van der Waals surface area (Å²) in [6.45, 7) is 3.27. The zero-order valence-corrected chi connectivity index (χ0v) is 18.6. The van der Waals surface area contributed by atoms with Crippen molar-refractivity contribution in [1.82, 2.24) is 15.3 Å². The molecule has 2 N–H and O–H groups in total. The van der Waals surface area contributed by atoms with Crippen LogP contribution in [-0.4, -0.2) is 34.8 Å². The lowest BCUT2D eigenvalue weighted by Crippen LogP contribution is -2.29. The number of nitrogens with one attached hydrogen (secondary N) is 2. The Morgan fingerprint density at radius 3 is 2.69 bits per heavy atom. The van der Waals surface area contributed by atoms with E-state index in [1.54, 1.807) is 0 Å². The molecule has 1 atom stereocenters. The van der Waals surface area contributed by atoms with Crippen LogP contribution < -0.4 is 20.3 Å². The van der Waals surface area contributed by atoms with E-state index in [4.69, 9.17) is 9.47 Å². The minimum Gasteiger partial charge on any atom is -0.490 e. The second-order valence-corrected chi connectivity index (χ2v) is 8.34. The predicted octanol–water partition coefficient (Wildman–Crippen LogP) is 3.96. The number of ether oxygens (including phenoxy) is 2. The van der Waals surface area contributed by atoms with Gasteiger partial charge in [-0.05, 0) is 24.1 Å². The van der Waals surface area contributed by atoms with E-state index in [1.165, 1.54) is 17.8 Å². The number of carbonyl (C=O) groups excluding carboxylic acids is 1.